The van der Waals surface area contributed by atoms with Crippen molar-refractivity contribution in [3.63, 3.8) is 0 Å². The molecule has 1 atom stereocenters. The molecule has 1 aliphatic carbocycles. The van der Waals surface area contributed by atoms with E-state index < -0.39 is 0 Å². The molecule has 20 heavy (non-hydrogen) atoms. The average molecular weight is 329 g/mol. The van der Waals surface area contributed by atoms with Gasteiger partial charge >= 0.3 is 0 Å². The molecule has 0 bridgehead atoms. The zero-order valence-corrected chi connectivity index (χ0v) is 13.8. The Morgan fingerprint density at radius 1 is 0.900 bits per heavy atom. The SMILES string of the molecule is Cc1cccc(C)c1C(Br)c1ccc2c(c1)CCCC2. The minimum absolute atomic E-state index is 0.302. The van der Waals surface area contributed by atoms with Crippen LogP contribution in [0.5, 0.6) is 0 Å². The predicted molar refractivity (Wildman–Crippen MR) is 89.8 cm³/mol. The molecule has 1 aliphatic rings. The van der Waals surface area contributed by atoms with Crippen LogP contribution in [0.25, 0.3) is 0 Å². The van der Waals surface area contributed by atoms with Gasteiger partial charge in [0.2, 0.25) is 0 Å². The third kappa shape index (κ3) is 2.56. The fraction of sp³-hybridized carbons (Fsp3) is 0.368. The topological polar surface area (TPSA) is 0 Å². The average Bonchev–Trinajstić information content (AvgIpc) is 2.46. The van der Waals surface area contributed by atoms with Gasteiger partial charge in [-0.2, -0.15) is 0 Å². The molecule has 0 nitrogen and oxygen atoms in total. The summed E-state index contributed by atoms with van der Waals surface area (Å²) in [5.41, 5.74) is 8.66. The van der Waals surface area contributed by atoms with Gasteiger partial charge in [-0.25, -0.2) is 0 Å². The summed E-state index contributed by atoms with van der Waals surface area (Å²) in [5, 5.41) is 0. The van der Waals surface area contributed by atoms with E-state index in [0.717, 1.165) is 0 Å². The molecule has 104 valence electrons. The van der Waals surface area contributed by atoms with Crippen molar-refractivity contribution in [1.29, 1.82) is 0 Å². The van der Waals surface area contributed by atoms with Crippen LogP contribution in [0.1, 0.15) is 51.0 Å². The lowest BCUT2D eigenvalue weighted by Gasteiger charge is -2.20. The highest BCUT2D eigenvalue weighted by Crippen LogP contribution is 2.36. The van der Waals surface area contributed by atoms with E-state index in [-0.39, 0.29) is 0 Å². The zero-order valence-electron chi connectivity index (χ0n) is 12.2. The van der Waals surface area contributed by atoms with Gasteiger partial charge in [-0.1, -0.05) is 52.3 Å². The molecule has 0 heterocycles. The van der Waals surface area contributed by atoms with Gasteiger partial charge in [-0.05, 0) is 72.9 Å². The zero-order chi connectivity index (χ0) is 14.1. The van der Waals surface area contributed by atoms with Crippen LogP contribution in [0.2, 0.25) is 0 Å². The van der Waals surface area contributed by atoms with Crippen LogP contribution >= 0.6 is 15.9 Å². The van der Waals surface area contributed by atoms with Gasteiger partial charge in [0.1, 0.15) is 0 Å². The maximum absolute atomic E-state index is 3.92. The van der Waals surface area contributed by atoms with Gasteiger partial charge in [-0.15, -0.1) is 0 Å². The van der Waals surface area contributed by atoms with Crippen LogP contribution in [0.3, 0.4) is 0 Å². The molecule has 0 amide bonds. The first-order valence-electron chi connectivity index (χ1n) is 7.48. The normalized spacial score (nSPS) is 15.8. The fourth-order valence-corrected chi connectivity index (χ4v) is 4.31. The number of hydrogen-bond acceptors (Lipinski definition) is 0. The van der Waals surface area contributed by atoms with Crippen molar-refractivity contribution in [2.75, 3.05) is 0 Å². The summed E-state index contributed by atoms with van der Waals surface area (Å²) in [7, 11) is 0. The second-order valence-electron chi connectivity index (χ2n) is 5.90. The highest BCUT2D eigenvalue weighted by molar-refractivity contribution is 9.09. The van der Waals surface area contributed by atoms with Crippen LogP contribution in [0.4, 0.5) is 0 Å². The van der Waals surface area contributed by atoms with E-state index in [9.17, 15) is 0 Å². The lowest BCUT2D eigenvalue weighted by Crippen LogP contribution is -2.05. The Morgan fingerprint density at radius 3 is 2.25 bits per heavy atom. The molecular weight excluding hydrogens is 308 g/mol. The first kappa shape index (κ1) is 13.9. The van der Waals surface area contributed by atoms with Crippen molar-refractivity contribution in [3.05, 3.63) is 69.8 Å². The van der Waals surface area contributed by atoms with Gasteiger partial charge in [0, 0.05) is 0 Å². The molecule has 3 rings (SSSR count). The second kappa shape index (κ2) is 5.73. The van der Waals surface area contributed by atoms with Crippen LogP contribution in [-0.2, 0) is 12.8 Å². The number of fused-ring (bicyclic) bond motifs is 1. The van der Waals surface area contributed by atoms with Crippen molar-refractivity contribution in [2.24, 2.45) is 0 Å². The van der Waals surface area contributed by atoms with E-state index in [4.69, 9.17) is 0 Å². The van der Waals surface area contributed by atoms with E-state index >= 15 is 0 Å². The first-order valence-corrected chi connectivity index (χ1v) is 8.40. The molecule has 1 heteroatoms. The van der Waals surface area contributed by atoms with Crippen molar-refractivity contribution in [3.8, 4) is 0 Å². The van der Waals surface area contributed by atoms with E-state index in [1.807, 2.05) is 0 Å². The Labute approximate surface area is 130 Å². The largest absolute Gasteiger partial charge is 0.0786 e. The van der Waals surface area contributed by atoms with Crippen molar-refractivity contribution < 1.29 is 0 Å². The predicted octanol–water partition coefficient (Wildman–Crippen LogP) is 5.67. The number of alkyl halides is 1. The molecule has 0 N–H and O–H groups in total. The summed E-state index contributed by atoms with van der Waals surface area (Å²) in [6, 6.07) is 13.6. The number of halogens is 1. The maximum atomic E-state index is 3.92. The smallest absolute Gasteiger partial charge is 0.0649 e. The summed E-state index contributed by atoms with van der Waals surface area (Å²) in [6.45, 7) is 4.41. The molecule has 1 unspecified atom stereocenters. The minimum Gasteiger partial charge on any atom is -0.0786 e. The highest BCUT2D eigenvalue weighted by Gasteiger charge is 2.17. The van der Waals surface area contributed by atoms with Crippen LogP contribution in [0, 0.1) is 13.8 Å². The van der Waals surface area contributed by atoms with Gasteiger partial charge in [-0.3, -0.25) is 0 Å². The van der Waals surface area contributed by atoms with E-state index in [0.29, 0.717) is 4.83 Å². The molecule has 0 fully saturated rings. The van der Waals surface area contributed by atoms with Crippen molar-refractivity contribution in [1.82, 2.24) is 0 Å². The highest BCUT2D eigenvalue weighted by atomic mass is 79.9. The van der Waals surface area contributed by atoms with Crippen molar-refractivity contribution >= 4 is 15.9 Å². The number of rotatable bonds is 2. The lowest BCUT2D eigenvalue weighted by molar-refractivity contribution is 0.684. The van der Waals surface area contributed by atoms with Gasteiger partial charge < -0.3 is 0 Å². The standard InChI is InChI=1S/C19H21Br/c1-13-6-5-7-14(2)18(13)19(20)17-11-10-15-8-3-4-9-16(15)12-17/h5-7,10-12,19H,3-4,8-9H2,1-2H3. The summed E-state index contributed by atoms with van der Waals surface area (Å²) < 4.78 is 0. The monoisotopic (exact) mass is 328 g/mol. The van der Waals surface area contributed by atoms with Crippen LogP contribution in [-0.4, -0.2) is 0 Å². The summed E-state index contributed by atoms with van der Waals surface area (Å²) in [6.07, 6.45) is 5.19. The maximum Gasteiger partial charge on any atom is 0.0649 e. The third-order valence-corrected chi connectivity index (χ3v) is 5.45. The second-order valence-corrected chi connectivity index (χ2v) is 6.82. The summed E-state index contributed by atoms with van der Waals surface area (Å²) in [5.74, 6) is 0. The minimum atomic E-state index is 0.302. The Bertz CT molecular complexity index is 607. The van der Waals surface area contributed by atoms with E-state index in [2.05, 4.69) is 66.2 Å². The van der Waals surface area contributed by atoms with Gasteiger partial charge in [0.05, 0.1) is 4.83 Å². The Kier molecular flexibility index (Phi) is 3.98. The fourth-order valence-electron chi connectivity index (χ4n) is 3.30. The summed E-state index contributed by atoms with van der Waals surface area (Å²) in [4.78, 5) is 0.302. The quantitative estimate of drug-likeness (QED) is 0.623. The first-order chi connectivity index (χ1) is 9.66. The molecule has 2 aromatic rings. The molecule has 2 aromatic carbocycles. The molecule has 0 saturated heterocycles. The molecule has 0 aromatic heterocycles. The third-order valence-electron chi connectivity index (χ3n) is 4.46. The molecule has 0 radical (unpaired) electrons. The molecule has 0 aliphatic heterocycles. The Morgan fingerprint density at radius 2 is 1.55 bits per heavy atom. The molecule has 0 spiro atoms. The van der Waals surface area contributed by atoms with Gasteiger partial charge in [0.15, 0.2) is 0 Å². The van der Waals surface area contributed by atoms with Crippen LogP contribution in [0.15, 0.2) is 36.4 Å². The number of hydrogen-bond donors (Lipinski definition) is 0. The van der Waals surface area contributed by atoms with E-state index in [1.165, 1.54) is 47.9 Å². The Balaban J connectivity index is 2.00. The van der Waals surface area contributed by atoms with Crippen molar-refractivity contribution in [2.45, 2.75) is 44.4 Å². The van der Waals surface area contributed by atoms with E-state index in [1.54, 1.807) is 11.1 Å². The number of benzene rings is 2. The van der Waals surface area contributed by atoms with Crippen LogP contribution < -0.4 is 0 Å². The number of aryl methyl sites for hydroxylation is 4. The lowest BCUT2D eigenvalue weighted by atomic mass is 9.88. The summed E-state index contributed by atoms with van der Waals surface area (Å²) >= 11 is 3.92. The van der Waals surface area contributed by atoms with Gasteiger partial charge in [0.25, 0.3) is 0 Å². The molecular formula is C19H21Br. The molecule has 0 saturated carbocycles. The Hall–Kier alpha value is -1.08.